The molecule has 1 aliphatic rings. The third-order valence-corrected chi connectivity index (χ3v) is 5.37. The molecule has 20 heavy (non-hydrogen) atoms. The van der Waals surface area contributed by atoms with Gasteiger partial charge in [-0.1, -0.05) is 0 Å². The van der Waals surface area contributed by atoms with Crippen LogP contribution in [0.4, 0.5) is 5.69 Å². The molecule has 0 aliphatic heterocycles. The predicted molar refractivity (Wildman–Crippen MR) is 81.4 cm³/mol. The molecule has 2 rings (SSSR count). The molecule has 1 fully saturated rings. The highest BCUT2D eigenvalue weighted by Gasteiger charge is 2.19. The van der Waals surface area contributed by atoms with Gasteiger partial charge < -0.3 is 10.6 Å². The van der Waals surface area contributed by atoms with Crippen LogP contribution in [0, 0.1) is 0 Å². The van der Waals surface area contributed by atoms with E-state index in [1.165, 1.54) is 19.9 Å². The molecule has 112 valence electrons. The second-order valence-corrected chi connectivity index (χ2v) is 7.10. The van der Waals surface area contributed by atoms with Gasteiger partial charge in [-0.2, -0.15) is 0 Å². The van der Waals surface area contributed by atoms with Gasteiger partial charge in [-0.25, -0.2) is 13.1 Å². The smallest absolute Gasteiger partial charge is 0.240 e. The Morgan fingerprint density at radius 3 is 2.00 bits per heavy atom. The van der Waals surface area contributed by atoms with Crippen LogP contribution in [0.1, 0.15) is 25.7 Å². The van der Waals surface area contributed by atoms with Crippen LogP contribution in [0.15, 0.2) is 29.2 Å². The molecule has 0 amide bonds. The van der Waals surface area contributed by atoms with E-state index in [1.807, 2.05) is 19.2 Å². The van der Waals surface area contributed by atoms with Crippen LogP contribution in [0.5, 0.6) is 0 Å². The van der Waals surface area contributed by atoms with Crippen molar-refractivity contribution in [1.29, 1.82) is 0 Å². The Hall–Kier alpha value is -1.11. The molecule has 6 heteroatoms. The SMILES string of the molecule is CNC1CCC(Nc2ccc(S(=O)(=O)NC)cc2)CC1. The molecule has 0 heterocycles. The molecule has 0 radical (unpaired) electrons. The lowest BCUT2D eigenvalue weighted by Gasteiger charge is -2.29. The average Bonchev–Trinajstić information content (AvgIpc) is 2.48. The maximum Gasteiger partial charge on any atom is 0.240 e. The van der Waals surface area contributed by atoms with Crippen LogP contribution in [0.2, 0.25) is 0 Å². The first-order chi connectivity index (χ1) is 9.55. The van der Waals surface area contributed by atoms with Crippen molar-refractivity contribution in [2.75, 3.05) is 19.4 Å². The molecular formula is C14H23N3O2S. The van der Waals surface area contributed by atoms with Crippen molar-refractivity contribution in [2.45, 2.75) is 42.7 Å². The number of sulfonamides is 1. The number of rotatable bonds is 5. The Morgan fingerprint density at radius 1 is 0.950 bits per heavy atom. The Kier molecular flexibility index (Phi) is 5.01. The molecule has 5 nitrogen and oxygen atoms in total. The van der Waals surface area contributed by atoms with E-state index < -0.39 is 10.0 Å². The Bertz CT molecular complexity index is 520. The summed E-state index contributed by atoms with van der Waals surface area (Å²) < 4.78 is 25.6. The first kappa shape index (κ1) is 15.3. The largest absolute Gasteiger partial charge is 0.382 e. The Balaban J connectivity index is 1.95. The van der Waals surface area contributed by atoms with Crippen LogP contribution < -0.4 is 15.4 Å². The Labute approximate surface area is 121 Å². The highest BCUT2D eigenvalue weighted by atomic mass is 32.2. The molecule has 0 aromatic heterocycles. The first-order valence-electron chi connectivity index (χ1n) is 7.02. The molecule has 0 spiro atoms. The standard InChI is InChI=1S/C14H23N3O2S/c1-15-11-3-5-12(6-4-11)17-13-7-9-14(10-8-13)20(18,19)16-2/h7-12,15-17H,3-6H2,1-2H3. The minimum Gasteiger partial charge on any atom is -0.382 e. The summed E-state index contributed by atoms with van der Waals surface area (Å²) in [6, 6.07) is 8.03. The minimum atomic E-state index is -3.34. The molecule has 1 aliphatic carbocycles. The molecule has 1 aromatic rings. The van der Waals surface area contributed by atoms with Crippen LogP contribution in [-0.4, -0.2) is 34.6 Å². The van der Waals surface area contributed by atoms with E-state index in [4.69, 9.17) is 0 Å². The maximum atomic E-state index is 11.6. The van der Waals surface area contributed by atoms with Crippen molar-refractivity contribution in [3.05, 3.63) is 24.3 Å². The number of benzene rings is 1. The quantitative estimate of drug-likeness (QED) is 0.771. The summed E-state index contributed by atoms with van der Waals surface area (Å²) in [7, 11) is 0.0869. The topological polar surface area (TPSA) is 70.2 Å². The number of anilines is 1. The van der Waals surface area contributed by atoms with E-state index >= 15 is 0 Å². The molecule has 1 aromatic carbocycles. The summed E-state index contributed by atoms with van der Waals surface area (Å²) >= 11 is 0. The summed E-state index contributed by atoms with van der Waals surface area (Å²) in [5, 5.41) is 6.80. The molecule has 0 unspecified atom stereocenters. The van der Waals surface area contributed by atoms with Gasteiger partial charge in [0.1, 0.15) is 0 Å². The minimum absolute atomic E-state index is 0.296. The molecule has 0 bridgehead atoms. The summed E-state index contributed by atoms with van der Waals surface area (Å²) in [6.45, 7) is 0. The van der Waals surface area contributed by atoms with E-state index in [-0.39, 0.29) is 0 Å². The zero-order valence-corrected chi connectivity index (χ0v) is 12.8. The number of hydrogen-bond acceptors (Lipinski definition) is 4. The molecule has 0 saturated heterocycles. The lowest BCUT2D eigenvalue weighted by Crippen LogP contribution is -2.34. The molecule has 1 saturated carbocycles. The fraction of sp³-hybridized carbons (Fsp3) is 0.571. The summed E-state index contributed by atoms with van der Waals surface area (Å²) in [6.07, 6.45) is 4.64. The zero-order valence-electron chi connectivity index (χ0n) is 12.0. The molecule has 3 N–H and O–H groups in total. The van der Waals surface area contributed by atoms with Gasteiger partial charge in [0.2, 0.25) is 10.0 Å². The average molecular weight is 297 g/mol. The van der Waals surface area contributed by atoms with E-state index in [2.05, 4.69) is 15.4 Å². The van der Waals surface area contributed by atoms with E-state index in [9.17, 15) is 8.42 Å². The van der Waals surface area contributed by atoms with Gasteiger partial charge in [0.25, 0.3) is 0 Å². The fourth-order valence-electron chi connectivity index (χ4n) is 2.61. The van der Waals surface area contributed by atoms with E-state index in [1.54, 1.807) is 12.1 Å². The van der Waals surface area contributed by atoms with Crippen LogP contribution in [0.25, 0.3) is 0 Å². The second-order valence-electron chi connectivity index (χ2n) is 5.21. The van der Waals surface area contributed by atoms with Crippen molar-refractivity contribution in [1.82, 2.24) is 10.0 Å². The summed E-state index contributed by atoms with van der Waals surface area (Å²) in [4.78, 5) is 0.296. The highest BCUT2D eigenvalue weighted by molar-refractivity contribution is 7.89. The third-order valence-electron chi connectivity index (χ3n) is 3.94. The molecule has 0 atom stereocenters. The second kappa shape index (κ2) is 6.56. The lowest BCUT2D eigenvalue weighted by atomic mass is 9.91. The number of nitrogens with one attached hydrogen (secondary N) is 3. The van der Waals surface area contributed by atoms with Crippen molar-refractivity contribution in [3.8, 4) is 0 Å². The maximum absolute atomic E-state index is 11.6. The van der Waals surface area contributed by atoms with Crippen molar-refractivity contribution < 1.29 is 8.42 Å². The van der Waals surface area contributed by atoms with Gasteiger partial charge >= 0.3 is 0 Å². The van der Waals surface area contributed by atoms with Gasteiger partial charge in [-0.3, -0.25) is 0 Å². The van der Waals surface area contributed by atoms with Crippen LogP contribution in [-0.2, 0) is 10.0 Å². The summed E-state index contributed by atoms with van der Waals surface area (Å²) in [5.74, 6) is 0. The van der Waals surface area contributed by atoms with Gasteiger partial charge in [-0.15, -0.1) is 0 Å². The third kappa shape index (κ3) is 3.71. The van der Waals surface area contributed by atoms with Crippen molar-refractivity contribution in [3.63, 3.8) is 0 Å². The fourth-order valence-corrected chi connectivity index (χ4v) is 3.34. The van der Waals surface area contributed by atoms with Gasteiger partial charge in [-0.05, 0) is 64.0 Å². The van der Waals surface area contributed by atoms with E-state index in [0.717, 1.165) is 18.5 Å². The van der Waals surface area contributed by atoms with Gasteiger partial charge in [0.05, 0.1) is 4.90 Å². The first-order valence-corrected chi connectivity index (χ1v) is 8.51. The normalized spacial score (nSPS) is 23.5. The van der Waals surface area contributed by atoms with E-state index in [0.29, 0.717) is 17.0 Å². The Morgan fingerprint density at radius 2 is 1.50 bits per heavy atom. The predicted octanol–water partition coefficient (Wildman–Crippen LogP) is 1.54. The molecular weight excluding hydrogens is 274 g/mol. The summed E-state index contributed by atoms with van der Waals surface area (Å²) in [5.41, 5.74) is 0.980. The van der Waals surface area contributed by atoms with Gasteiger partial charge in [0, 0.05) is 17.8 Å². The lowest BCUT2D eigenvalue weighted by molar-refractivity contribution is 0.371. The number of hydrogen-bond donors (Lipinski definition) is 3. The monoisotopic (exact) mass is 297 g/mol. The van der Waals surface area contributed by atoms with Crippen LogP contribution in [0.3, 0.4) is 0 Å². The van der Waals surface area contributed by atoms with Gasteiger partial charge in [0.15, 0.2) is 0 Å². The highest BCUT2D eigenvalue weighted by Crippen LogP contribution is 2.22. The zero-order chi connectivity index (χ0) is 14.6. The van der Waals surface area contributed by atoms with Crippen LogP contribution >= 0.6 is 0 Å². The van der Waals surface area contributed by atoms with Crippen molar-refractivity contribution >= 4 is 15.7 Å². The van der Waals surface area contributed by atoms with Crippen molar-refractivity contribution in [2.24, 2.45) is 0 Å².